The quantitative estimate of drug-likeness (QED) is 0.826. The van der Waals surface area contributed by atoms with Crippen molar-refractivity contribution in [3.05, 3.63) is 17.0 Å². The van der Waals surface area contributed by atoms with Crippen LogP contribution >= 0.6 is 11.3 Å². The van der Waals surface area contributed by atoms with Gasteiger partial charge in [-0.3, -0.25) is 9.59 Å². The topological polar surface area (TPSA) is 74.7 Å². The number of hydrogen-bond acceptors (Lipinski definition) is 4. The predicted molar refractivity (Wildman–Crippen MR) is 64.6 cm³/mol. The zero-order valence-corrected chi connectivity index (χ0v) is 10.3. The highest BCUT2D eigenvalue weighted by Crippen LogP contribution is 2.43. The van der Waals surface area contributed by atoms with Crippen molar-refractivity contribution >= 4 is 34.1 Å². The van der Waals surface area contributed by atoms with Gasteiger partial charge in [-0.25, -0.2) is 9.69 Å². The summed E-state index contributed by atoms with van der Waals surface area (Å²) in [6.45, 7) is 0. The van der Waals surface area contributed by atoms with Gasteiger partial charge in [-0.2, -0.15) is 0 Å². The van der Waals surface area contributed by atoms with Crippen molar-refractivity contribution in [1.29, 1.82) is 0 Å². The maximum atomic E-state index is 12.2. The van der Waals surface area contributed by atoms with Crippen LogP contribution in [0.5, 0.6) is 0 Å². The summed E-state index contributed by atoms with van der Waals surface area (Å²) in [5, 5.41) is 10.9. The van der Waals surface area contributed by atoms with Crippen LogP contribution < -0.4 is 4.90 Å². The number of anilines is 1. The Morgan fingerprint density at radius 1 is 1.28 bits per heavy atom. The molecule has 1 N–H and O–H groups in total. The van der Waals surface area contributed by atoms with E-state index in [0.717, 1.165) is 35.5 Å². The summed E-state index contributed by atoms with van der Waals surface area (Å²) in [5.41, 5.74) is 0.0293. The summed E-state index contributed by atoms with van der Waals surface area (Å²) < 4.78 is 0. The van der Waals surface area contributed by atoms with Crippen molar-refractivity contribution in [2.75, 3.05) is 4.90 Å². The second kappa shape index (κ2) is 3.91. The molecule has 1 aromatic rings. The second-order valence-electron chi connectivity index (χ2n) is 4.60. The molecule has 1 saturated heterocycles. The first kappa shape index (κ1) is 11.4. The Bertz CT molecular complexity index is 528. The zero-order valence-electron chi connectivity index (χ0n) is 9.46. The van der Waals surface area contributed by atoms with E-state index in [1.807, 2.05) is 0 Å². The number of carbonyl (C=O) groups excluding carboxylic acids is 2. The van der Waals surface area contributed by atoms with E-state index in [4.69, 9.17) is 5.11 Å². The molecule has 1 aliphatic heterocycles. The summed E-state index contributed by atoms with van der Waals surface area (Å²) in [5.74, 6) is -2.04. The Morgan fingerprint density at radius 2 is 1.89 bits per heavy atom. The molecule has 94 valence electrons. The Hall–Kier alpha value is -1.69. The molecule has 1 saturated carbocycles. The molecule has 1 aromatic heterocycles. The SMILES string of the molecule is O=C(O)c1ccsc1N1C(=O)C2CCCC2C1=O. The van der Waals surface area contributed by atoms with Crippen LogP contribution in [0, 0.1) is 11.8 Å². The number of thiophene rings is 1. The lowest BCUT2D eigenvalue weighted by atomic mass is 10.00. The number of amides is 2. The predicted octanol–water partition coefficient (Wildman–Crippen LogP) is 1.74. The molecule has 5 nitrogen and oxygen atoms in total. The van der Waals surface area contributed by atoms with Crippen LogP contribution in [0.2, 0.25) is 0 Å². The van der Waals surface area contributed by atoms with E-state index < -0.39 is 5.97 Å². The summed E-state index contributed by atoms with van der Waals surface area (Å²) in [6, 6.07) is 1.43. The monoisotopic (exact) mass is 265 g/mol. The van der Waals surface area contributed by atoms with Crippen LogP contribution in [0.15, 0.2) is 11.4 Å². The van der Waals surface area contributed by atoms with Crippen molar-refractivity contribution in [1.82, 2.24) is 0 Å². The highest BCUT2D eigenvalue weighted by molar-refractivity contribution is 7.15. The number of rotatable bonds is 2. The van der Waals surface area contributed by atoms with E-state index in [9.17, 15) is 14.4 Å². The van der Waals surface area contributed by atoms with E-state index >= 15 is 0 Å². The molecular weight excluding hydrogens is 254 g/mol. The summed E-state index contributed by atoms with van der Waals surface area (Å²) in [7, 11) is 0. The van der Waals surface area contributed by atoms with Gasteiger partial charge in [0.25, 0.3) is 0 Å². The maximum absolute atomic E-state index is 12.2. The number of carboxylic acid groups (broad SMARTS) is 1. The molecule has 2 unspecified atom stereocenters. The fourth-order valence-electron chi connectivity index (χ4n) is 2.83. The Morgan fingerprint density at radius 3 is 2.44 bits per heavy atom. The van der Waals surface area contributed by atoms with Crippen molar-refractivity contribution in [2.24, 2.45) is 11.8 Å². The molecule has 0 radical (unpaired) electrons. The van der Waals surface area contributed by atoms with Crippen LogP contribution in [0.4, 0.5) is 5.00 Å². The molecule has 6 heteroatoms. The number of carbonyl (C=O) groups is 3. The fourth-order valence-corrected chi connectivity index (χ4v) is 3.73. The lowest BCUT2D eigenvalue weighted by Gasteiger charge is -2.14. The molecule has 1 aliphatic carbocycles. The summed E-state index contributed by atoms with van der Waals surface area (Å²) in [6.07, 6.45) is 2.37. The number of aromatic carboxylic acids is 1. The minimum absolute atomic E-state index is 0.0293. The molecule has 3 rings (SSSR count). The van der Waals surface area contributed by atoms with Crippen molar-refractivity contribution < 1.29 is 19.5 Å². The average molecular weight is 265 g/mol. The van der Waals surface area contributed by atoms with Gasteiger partial charge in [0.1, 0.15) is 5.00 Å². The van der Waals surface area contributed by atoms with Gasteiger partial charge >= 0.3 is 5.97 Å². The number of imide groups is 1. The summed E-state index contributed by atoms with van der Waals surface area (Å²) >= 11 is 1.12. The van der Waals surface area contributed by atoms with Gasteiger partial charge in [0.15, 0.2) is 0 Å². The lowest BCUT2D eigenvalue weighted by Crippen LogP contribution is -2.32. The largest absolute Gasteiger partial charge is 0.478 e. The molecule has 2 amide bonds. The maximum Gasteiger partial charge on any atom is 0.338 e. The van der Waals surface area contributed by atoms with E-state index in [1.165, 1.54) is 6.07 Å². The molecule has 0 aromatic carbocycles. The Kier molecular flexibility index (Phi) is 2.48. The van der Waals surface area contributed by atoms with Crippen molar-refractivity contribution in [3.8, 4) is 0 Å². The Balaban J connectivity index is 2.02. The first-order chi connectivity index (χ1) is 8.61. The van der Waals surface area contributed by atoms with Gasteiger partial charge in [0, 0.05) is 0 Å². The third-order valence-electron chi connectivity index (χ3n) is 3.67. The minimum Gasteiger partial charge on any atom is -0.478 e. The fraction of sp³-hybridized carbons (Fsp3) is 0.417. The number of fused-ring (bicyclic) bond motifs is 1. The first-order valence-corrected chi connectivity index (χ1v) is 6.68. The smallest absolute Gasteiger partial charge is 0.338 e. The molecule has 2 atom stereocenters. The van der Waals surface area contributed by atoms with Gasteiger partial charge in [-0.1, -0.05) is 6.42 Å². The summed E-state index contributed by atoms with van der Waals surface area (Å²) in [4.78, 5) is 36.5. The normalized spacial score (nSPS) is 26.8. The lowest BCUT2D eigenvalue weighted by molar-refractivity contribution is -0.122. The standard InChI is InChI=1S/C12H11NO4S/c14-9-6-2-1-3-7(6)10(15)13(9)11-8(12(16)17)4-5-18-11/h4-7H,1-3H2,(H,16,17). The van der Waals surface area contributed by atoms with Crippen molar-refractivity contribution in [3.63, 3.8) is 0 Å². The van der Waals surface area contributed by atoms with Crippen LogP contribution in [0.3, 0.4) is 0 Å². The Labute approximate surface area is 107 Å². The number of nitrogens with zero attached hydrogens (tertiary/aromatic N) is 1. The van der Waals surface area contributed by atoms with Gasteiger partial charge < -0.3 is 5.11 Å². The van der Waals surface area contributed by atoms with Crippen LogP contribution in [-0.2, 0) is 9.59 Å². The zero-order chi connectivity index (χ0) is 12.9. The van der Waals surface area contributed by atoms with Gasteiger partial charge in [-0.15, -0.1) is 11.3 Å². The molecule has 2 heterocycles. The number of carboxylic acids is 1. The van der Waals surface area contributed by atoms with E-state index in [1.54, 1.807) is 5.38 Å². The first-order valence-electron chi connectivity index (χ1n) is 5.80. The van der Waals surface area contributed by atoms with E-state index in [-0.39, 0.29) is 34.2 Å². The van der Waals surface area contributed by atoms with Crippen LogP contribution in [0.1, 0.15) is 29.6 Å². The molecule has 2 fully saturated rings. The van der Waals surface area contributed by atoms with E-state index in [2.05, 4.69) is 0 Å². The third-order valence-corrected chi connectivity index (χ3v) is 4.57. The highest BCUT2D eigenvalue weighted by Gasteiger charge is 2.51. The second-order valence-corrected chi connectivity index (χ2v) is 5.49. The van der Waals surface area contributed by atoms with Crippen LogP contribution in [-0.4, -0.2) is 22.9 Å². The highest BCUT2D eigenvalue weighted by atomic mass is 32.1. The van der Waals surface area contributed by atoms with Gasteiger partial charge in [0.2, 0.25) is 11.8 Å². The molecule has 0 bridgehead atoms. The molecule has 0 spiro atoms. The molecular formula is C12H11NO4S. The number of hydrogen-bond donors (Lipinski definition) is 1. The third kappa shape index (κ3) is 1.42. The average Bonchev–Trinajstić information content (AvgIpc) is 2.99. The molecule has 2 aliphatic rings. The van der Waals surface area contributed by atoms with Crippen LogP contribution in [0.25, 0.3) is 0 Å². The van der Waals surface area contributed by atoms with Gasteiger partial charge in [-0.05, 0) is 24.3 Å². The van der Waals surface area contributed by atoms with Gasteiger partial charge in [0.05, 0.1) is 17.4 Å². The minimum atomic E-state index is -1.11. The van der Waals surface area contributed by atoms with Crippen molar-refractivity contribution in [2.45, 2.75) is 19.3 Å². The molecule has 18 heavy (non-hydrogen) atoms. The van der Waals surface area contributed by atoms with E-state index in [0.29, 0.717) is 0 Å².